The zero-order valence-corrected chi connectivity index (χ0v) is 19.0. The van der Waals surface area contributed by atoms with Gasteiger partial charge in [0.15, 0.2) is 0 Å². The van der Waals surface area contributed by atoms with E-state index < -0.39 is 0 Å². The summed E-state index contributed by atoms with van der Waals surface area (Å²) in [5, 5.41) is 9.93. The molecule has 0 aromatic carbocycles. The molecule has 0 aliphatic rings. The van der Waals surface area contributed by atoms with Crippen LogP contribution in [-0.4, -0.2) is 59.3 Å². The van der Waals surface area contributed by atoms with Crippen molar-refractivity contribution in [2.45, 2.75) is 20.8 Å². The van der Waals surface area contributed by atoms with Crippen molar-refractivity contribution in [3.05, 3.63) is 39.0 Å². The Morgan fingerprint density at radius 2 is 2.07 bits per heavy atom. The number of rotatable bonds is 10. The minimum atomic E-state index is -0.143. The first-order chi connectivity index (χ1) is 14.6. The van der Waals surface area contributed by atoms with Crippen LogP contribution in [0.2, 0.25) is 0 Å². The number of amides is 1. The van der Waals surface area contributed by atoms with E-state index in [4.69, 9.17) is 10.6 Å². The lowest BCUT2D eigenvalue weighted by atomic mass is 10.1. The van der Waals surface area contributed by atoms with Gasteiger partial charge < -0.3 is 20.8 Å². The maximum Gasteiger partial charge on any atom is 0.261 e. The molecule has 10 heteroatoms. The highest BCUT2D eigenvalue weighted by Gasteiger charge is 2.20. The van der Waals surface area contributed by atoms with Crippen LogP contribution in [0.25, 0.3) is 10.2 Å². The maximum absolute atomic E-state index is 12.3. The summed E-state index contributed by atoms with van der Waals surface area (Å²) in [6.45, 7) is 9.84. The fraction of sp³-hybridized carbons (Fsp3) is 0.400. The second kappa shape index (κ2) is 10.5. The van der Waals surface area contributed by atoms with Gasteiger partial charge in [0.05, 0.1) is 9.75 Å². The molecular weight excluding hydrogens is 420 g/mol. The standard InChI is InChI=1S/C20H26N6O2S2/c1-4-22-18(27)15-12-13-16(23-20(21)24-19(13)30-15)17(14-8-7-11-29-14)25-28-10-9-26(5-2)6-3/h7-8,11-12H,4-6,9-10H2,1-3H3,(H,22,27)(H2,21,23,24). The van der Waals surface area contributed by atoms with Gasteiger partial charge >= 0.3 is 0 Å². The van der Waals surface area contributed by atoms with Gasteiger partial charge in [0, 0.05) is 18.5 Å². The summed E-state index contributed by atoms with van der Waals surface area (Å²) in [5.74, 6) is -0.00990. The van der Waals surface area contributed by atoms with Crippen LogP contribution >= 0.6 is 22.7 Å². The molecule has 0 atom stereocenters. The van der Waals surface area contributed by atoms with E-state index in [9.17, 15) is 4.79 Å². The predicted octanol–water partition coefficient (Wildman–Crippen LogP) is 3.20. The number of anilines is 1. The van der Waals surface area contributed by atoms with Gasteiger partial charge in [-0.1, -0.05) is 25.1 Å². The maximum atomic E-state index is 12.3. The van der Waals surface area contributed by atoms with E-state index in [0.717, 1.165) is 29.9 Å². The molecule has 0 saturated carbocycles. The lowest BCUT2D eigenvalue weighted by Gasteiger charge is -2.16. The Morgan fingerprint density at radius 1 is 1.27 bits per heavy atom. The Kier molecular flexibility index (Phi) is 7.72. The summed E-state index contributed by atoms with van der Waals surface area (Å²) in [6, 6.07) is 5.69. The first-order valence-electron chi connectivity index (χ1n) is 9.89. The highest BCUT2D eigenvalue weighted by molar-refractivity contribution is 7.20. The van der Waals surface area contributed by atoms with Crippen LogP contribution in [0.4, 0.5) is 5.95 Å². The molecule has 3 aromatic rings. The number of hydrogen-bond acceptors (Lipinski definition) is 9. The normalized spacial score (nSPS) is 11.9. The molecule has 30 heavy (non-hydrogen) atoms. The fourth-order valence-corrected chi connectivity index (χ4v) is 4.58. The average Bonchev–Trinajstić information content (AvgIpc) is 3.40. The SMILES string of the molecule is CCNC(=O)c1cc2c(C(=NOCCN(CC)CC)c3cccs3)nc(N)nc2s1. The molecule has 0 aliphatic heterocycles. The van der Waals surface area contributed by atoms with Crippen molar-refractivity contribution in [1.29, 1.82) is 0 Å². The van der Waals surface area contributed by atoms with Gasteiger partial charge in [-0.15, -0.1) is 22.7 Å². The highest BCUT2D eigenvalue weighted by atomic mass is 32.1. The van der Waals surface area contributed by atoms with E-state index in [0.29, 0.717) is 34.3 Å². The van der Waals surface area contributed by atoms with E-state index in [1.54, 1.807) is 6.07 Å². The van der Waals surface area contributed by atoms with Crippen molar-refractivity contribution in [3.63, 3.8) is 0 Å². The molecule has 0 spiro atoms. The van der Waals surface area contributed by atoms with Crippen LogP contribution < -0.4 is 11.1 Å². The largest absolute Gasteiger partial charge is 0.394 e. The molecule has 3 heterocycles. The summed E-state index contributed by atoms with van der Waals surface area (Å²) < 4.78 is 0. The molecule has 0 radical (unpaired) electrons. The van der Waals surface area contributed by atoms with Gasteiger partial charge in [-0.3, -0.25) is 4.79 Å². The number of oxime groups is 1. The van der Waals surface area contributed by atoms with E-state index in [1.165, 1.54) is 22.7 Å². The van der Waals surface area contributed by atoms with E-state index in [-0.39, 0.29) is 11.9 Å². The molecular formula is C20H26N6O2S2. The number of nitrogens with one attached hydrogen (secondary N) is 1. The summed E-state index contributed by atoms with van der Waals surface area (Å²) in [6.07, 6.45) is 0. The average molecular weight is 447 g/mol. The summed E-state index contributed by atoms with van der Waals surface area (Å²) in [5.41, 5.74) is 7.13. The van der Waals surface area contributed by atoms with Gasteiger partial charge in [-0.2, -0.15) is 0 Å². The Balaban J connectivity index is 1.98. The Labute approximate surface area is 183 Å². The third-order valence-corrected chi connectivity index (χ3v) is 6.40. The van der Waals surface area contributed by atoms with E-state index in [1.807, 2.05) is 24.4 Å². The number of carbonyl (C=O) groups is 1. The van der Waals surface area contributed by atoms with Crippen molar-refractivity contribution in [2.24, 2.45) is 5.16 Å². The molecule has 160 valence electrons. The number of nitrogens with zero attached hydrogens (tertiary/aromatic N) is 4. The molecule has 0 fully saturated rings. The van der Waals surface area contributed by atoms with Crippen molar-refractivity contribution < 1.29 is 9.63 Å². The first-order valence-corrected chi connectivity index (χ1v) is 11.6. The van der Waals surface area contributed by atoms with Crippen LogP contribution in [0.15, 0.2) is 28.7 Å². The van der Waals surface area contributed by atoms with E-state index >= 15 is 0 Å². The van der Waals surface area contributed by atoms with Crippen LogP contribution in [0.1, 0.15) is 41.0 Å². The number of likely N-dealkylation sites (N-methyl/N-ethyl adjacent to an activating group) is 1. The zero-order chi connectivity index (χ0) is 21.5. The second-order valence-electron chi connectivity index (χ2n) is 6.40. The molecule has 0 saturated heterocycles. The minimum absolute atomic E-state index is 0.134. The number of carbonyl (C=O) groups excluding carboxylic acids is 1. The molecule has 3 N–H and O–H groups in total. The number of hydrogen-bond donors (Lipinski definition) is 2. The lowest BCUT2D eigenvalue weighted by Crippen LogP contribution is -2.26. The Bertz CT molecular complexity index is 1010. The quantitative estimate of drug-likeness (QED) is 0.281. The number of fused-ring (bicyclic) bond motifs is 1. The van der Waals surface area contributed by atoms with Gasteiger partial charge in [0.25, 0.3) is 5.91 Å². The van der Waals surface area contributed by atoms with Crippen LogP contribution in [0, 0.1) is 0 Å². The van der Waals surface area contributed by atoms with Crippen LogP contribution in [0.3, 0.4) is 0 Å². The highest BCUT2D eigenvalue weighted by Crippen LogP contribution is 2.29. The first kappa shape index (κ1) is 22.1. The van der Waals surface area contributed by atoms with Crippen LogP contribution in [0.5, 0.6) is 0 Å². The van der Waals surface area contributed by atoms with Gasteiger partial charge in [-0.05, 0) is 37.5 Å². The van der Waals surface area contributed by atoms with Crippen molar-refractivity contribution in [1.82, 2.24) is 20.2 Å². The Hall–Kier alpha value is -2.56. The van der Waals surface area contributed by atoms with Gasteiger partial charge in [-0.25, -0.2) is 9.97 Å². The molecule has 0 aliphatic carbocycles. The van der Waals surface area contributed by atoms with Gasteiger partial charge in [0.2, 0.25) is 5.95 Å². The smallest absolute Gasteiger partial charge is 0.261 e. The van der Waals surface area contributed by atoms with Crippen molar-refractivity contribution in [3.8, 4) is 0 Å². The molecule has 1 amide bonds. The van der Waals surface area contributed by atoms with Crippen LogP contribution in [-0.2, 0) is 4.84 Å². The molecule has 3 aromatic heterocycles. The van der Waals surface area contributed by atoms with Crippen molar-refractivity contribution >= 4 is 50.5 Å². The fourth-order valence-electron chi connectivity index (χ4n) is 2.92. The molecule has 3 rings (SSSR count). The summed E-state index contributed by atoms with van der Waals surface area (Å²) in [4.78, 5) is 31.1. The molecule has 8 nitrogen and oxygen atoms in total. The lowest BCUT2D eigenvalue weighted by molar-refractivity contribution is 0.0960. The molecule has 0 bridgehead atoms. The number of aromatic nitrogens is 2. The third kappa shape index (κ3) is 5.13. The second-order valence-corrected chi connectivity index (χ2v) is 8.37. The zero-order valence-electron chi connectivity index (χ0n) is 17.3. The minimum Gasteiger partial charge on any atom is -0.394 e. The topological polar surface area (TPSA) is 106 Å². The summed E-state index contributed by atoms with van der Waals surface area (Å²) >= 11 is 2.82. The molecule has 0 unspecified atom stereocenters. The van der Waals surface area contributed by atoms with Crippen molar-refractivity contribution in [2.75, 3.05) is 38.5 Å². The Morgan fingerprint density at radius 3 is 2.73 bits per heavy atom. The number of nitrogens with two attached hydrogens (primary N) is 1. The monoisotopic (exact) mass is 446 g/mol. The summed E-state index contributed by atoms with van der Waals surface area (Å²) in [7, 11) is 0. The predicted molar refractivity (Wildman–Crippen MR) is 124 cm³/mol. The van der Waals surface area contributed by atoms with E-state index in [2.05, 4.69) is 39.2 Å². The number of thiophene rings is 2. The third-order valence-electron chi connectivity index (χ3n) is 4.50. The number of nitrogen functional groups attached to an aromatic ring is 1. The van der Waals surface area contributed by atoms with Gasteiger partial charge in [0.1, 0.15) is 22.8 Å².